The SMILES string of the molecule is CCCCCCOc1ccc(Br)cc1C=NNc1nc(CC(=O)OCC)cs1. The molecule has 1 aromatic heterocycles. The zero-order valence-corrected chi connectivity index (χ0v) is 18.6. The van der Waals surface area contributed by atoms with Crippen molar-refractivity contribution in [2.24, 2.45) is 5.10 Å². The van der Waals surface area contributed by atoms with Crippen molar-refractivity contribution in [3.05, 3.63) is 39.3 Å². The molecule has 8 heteroatoms. The third kappa shape index (κ3) is 7.98. The molecule has 152 valence electrons. The zero-order chi connectivity index (χ0) is 20.2. The first-order chi connectivity index (χ1) is 13.6. The Morgan fingerprint density at radius 2 is 2.18 bits per heavy atom. The average Bonchev–Trinajstić information content (AvgIpc) is 3.10. The Labute approximate surface area is 178 Å². The van der Waals surface area contributed by atoms with Crippen molar-refractivity contribution >= 4 is 44.6 Å². The Kier molecular flexibility index (Phi) is 9.99. The smallest absolute Gasteiger partial charge is 0.311 e. The van der Waals surface area contributed by atoms with E-state index in [1.54, 1.807) is 13.1 Å². The Hall–Kier alpha value is -1.93. The summed E-state index contributed by atoms with van der Waals surface area (Å²) in [4.78, 5) is 15.8. The minimum atomic E-state index is -0.280. The molecule has 1 heterocycles. The molecular formula is C20H26BrN3O3S. The summed E-state index contributed by atoms with van der Waals surface area (Å²) >= 11 is 4.87. The number of carbonyl (C=O) groups is 1. The van der Waals surface area contributed by atoms with Gasteiger partial charge in [-0.15, -0.1) is 11.3 Å². The monoisotopic (exact) mass is 467 g/mol. The molecule has 0 aliphatic heterocycles. The molecule has 0 atom stereocenters. The number of benzene rings is 1. The van der Waals surface area contributed by atoms with Crippen LogP contribution in [-0.4, -0.2) is 30.4 Å². The lowest BCUT2D eigenvalue weighted by molar-refractivity contribution is -0.142. The highest BCUT2D eigenvalue weighted by atomic mass is 79.9. The van der Waals surface area contributed by atoms with Crippen LogP contribution in [-0.2, 0) is 16.0 Å². The number of carbonyl (C=O) groups excluding carboxylic acids is 1. The van der Waals surface area contributed by atoms with Gasteiger partial charge in [-0.05, 0) is 31.5 Å². The molecule has 0 aliphatic carbocycles. The van der Waals surface area contributed by atoms with E-state index in [4.69, 9.17) is 9.47 Å². The summed E-state index contributed by atoms with van der Waals surface area (Å²) in [7, 11) is 0. The van der Waals surface area contributed by atoms with Gasteiger partial charge in [0.25, 0.3) is 0 Å². The van der Waals surface area contributed by atoms with Crippen LogP contribution in [0.3, 0.4) is 0 Å². The highest BCUT2D eigenvalue weighted by Gasteiger charge is 2.08. The fourth-order valence-electron chi connectivity index (χ4n) is 2.42. The molecule has 0 fully saturated rings. The number of nitrogens with zero attached hydrogens (tertiary/aromatic N) is 2. The second-order valence-electron chi connectivity index (χ2n) is 6.09. The number of hydrogen-bond acceptors (Lipinski definition) is 7. The molecule has 28 heavy (non-hydrogen) atoms. The third-order valence-corrected chi connectivity index (χ3v) is 5.06. The van der Waals surface area contributed by atoms with E-state index in [0.29, 0.717) is 24.0 Å². The lowest BCUT2D eigenvalue weighted by atomic mass is 10.2. The second-order valence-corrected chi connectivity index (χ2v) is 7.86. The van der Waals surface area contributed by atoms with E-state index in [9.17, 15) is 4.79 Å². The second kappa shape index (κ2) is 12.5. The van der Waals surface area contributed by atoms with Crippen LogP contribution >= 0.6 is 27.3 Å². The predicted molar refractivity (Wildman–Crippen MR) is 117 cm³/mol. The van der Waals surface area contributed by atoms with Crippen LogP contribution in [0.1, 0.15) is 50.8 Å². The number of unbranched alkanes of at least 4 members (excludes halogenated alkanes) is 3. The summed E-state index contributed by atoms with van der Waals surface area (Å²) in [6.45, 7) is 5.04. The van der Waals surface area contributed by atoms with Gasteiger partial charge in [0.05, 0.1) is 31.5 Å². The number of halogens is 1. The molecule has 0 saturated heterocycles. The van der Waals surface area contributed by atoms with Gasteiger partial charge in [0.2, 0.25) is 5.13 Å². The topological polar surface area (TPSA) is 72.8 Å². The normalized spacial score (nSPS) is 11.0. The fourth-order valence-corrected chi connectivity index (χ4v) is 3.46. The van der Waals surface area contributed by atoms with Gasteiger partial charge >= 0.3 is 5.97 Å². The van der Waals surface area contributed by atoms with Gasteiger partial charge in [0.15, 0.2) is 0 Å². The zero-order valence-electron chi connectivity index (χ0n) is 16.2. The Balaban J connectivity index is 1.91. The quantitative estimate of drug-likeness (QED) is 0.195. The Morgan fingerprint density at radius 1 is 1.32 bits per heavy atom. The van der Waals surface area contributed by atoms with E-state index in [0.717, 1.165) is 22.2 Å². The van der Waals surface area contributed by atoms with E-state index >= 15 is 0 Å². The summed E-state index contributed by atoms with van der Waals surface area (Å²) in [5, 5.41) is 6.69. The number of anilines is 1. The summed E-state index contributed by atoms with van der Waals surface area (Å²) in [6, 6.07) is 5.85. The minimum Gasteiger partial charge on any atom is -0.493 e. The van der Waals surface area contributed by atoms with Gasteiger partial charge in [-0.3, -0.25) is 10.2 Å². The van der Waals surface area contributed by atoms with Crippen LogP contribution in [0.25, 0.3) is 0 Å². The van der Waals surface area contributed by atoms with Crippen LogP contribution in [0.5, 0.6) is 5.75 Å². The molecule has 0 aliphatic rings. The van der Waals surface area contributed by atoms with E-state index < -0.39 is 0 Å². The van der Waals surface area contributed by atoms with Gasteiger partial charge in [-0.25, -0.2) is 4.98 Å². The summed E-state index contributed by atoms with van der Waals surface area (Å²) in [5.41, 5.74) is 4.45. The first kappa shape index (κ1) is 22.4. The maximum absolute atomic E-state index is 11.5. The van der Waals surface area contributed by atoms with Crippen LogP contribution in [0.4, 0.5) is 5.13 Å². The molecule has 0 bridgehead atoms. The van der Waals surface area contributed by atoms with Crippen molar-refractivity contribution in [1.82, 2.24) is 4.98 Å². The first-order valence-electron chi connectivity index (χ1n) is 9.43. The summed E-state index contributed by atoms with van der Waals surface area (Å²) in [5.74, 6) is 0.519. The van der Waals surface area contributed by atoms with Gasteiger partial charge < -0.3 is 9.47 Å². The van der Waals surface area contributed by atoms with E-state index in [2.05, 4.69) is 38.4 Å². The number of hydrogen-bond donors (Lipinski definition) is 1. The number of nitrogens with one attached hydrogen (secondary N) is 1. The van der Waals surface area contributed by atoms with Crippen LogP contribution < -0.4 is 10.2 Å². The molecule has 6 nitrogen and oxygen atoms in total. The van der Waals surface area contributed by atoms with Crippen LogP contribution in [0.15, 0.2) is 33.2 Å². The number of rotatable bonds is 12. The highest BCUT2D eigenvalue weighted by Crippen LogP contribution is 2.23. The predicted octanol–water partition coefficient (Wildman–Crippen LogP) is 5.42. The standard InChI is InChI=1S/C20H26BrN3O3S/c1-3-5-6-7-10-27-18-9-8-16(21)11-15(18)13-22-24-20-23-17(14-28-20)12-19(25)26-4-2/h8-9,11,13-14H,3-7,10,12H2,1-2H3,(H,23,24). The lowest BCUT2D eigenvalue weighted by Crippen LogP contribution is -2.07. The minimum absolute atomic E-state index is 0.164. The Morgan fingerprint density at radius 3 is 2.96 bits per heavy atom. The van der Waals surface area contributed by atoms with E-state index in [-0.39, 0.29) is 12.4 Å². The Bertz CT molecular complexity index is 780. The van der Waals surface area contributed by atoms with Crippen molar-refractivity contribution in [2.75, 3.05) is 18.6 Å². The highest BCUT2D eigenvalue weighted by molar-refractivity contribution is 9.10. The molecule has 0 amide bonds. The summed E-state index contributed by atoms with van der Waals surface area (Å²) < 4.78 is 11.8. The van der Waals surface area contributed by atoms with Crippen molar-refractivity contribution in [3.8, 4) is 5.75 Å². The molecule has 1 N–H and O–H groups in total. The fraction of sp³-hybridized carbons (Fsp3) is 0.450. The first-order valence-corrected chi connectivity index (χ1v) is 11.1. The lowest BCUT2D eigenvalue weighted by Gasteiger charge is -2.09. The van der Waals surface area contributed by atoms with Crippen molar-refractivity contribution in [2.45, 2.75) is 46.0 Å². The number of thiazole rings is 1. The van der Waals surface area contributed by atoms with Gasteiger partial charge in [0.1, 0.15) is 5.75 Å². The molecule has 2 aromatic rings. The van der Waals surface area contributed by atoms with Crippen LogP contribution in [0, 0.1) is 0 Å². The molecule has 0 saturated carbocycles. The molecule has 0 spiro atoms. The van der Waals surface area contributed by atoms with Crippen molar-refractivity contribution < 1.29 is 14.3 Å². The maximum atomic E-state index is 11.5. The number of ether oxygens (including phenoxy) is 2. The third-order valence-electron chi connectivity index (χ3n) is 3.77. The van der Waals surface area contributed by atoms with Crippen LogP contribution in [0.2, 0.25) is 0 Å². The number of esters is 1. The maximum Gasteiger partial charge on any atom is 0.311 e. The van der Waals surface area contributed by atoms with Crippen molar-refractivity contribution in [3.63, 3.8) is 0 Å². The molecule has 1 aromatic carbocycles. The largest absolute Gasteiger partial charge is 0.493 e. The van der Waals surface area contributed by atoms with Gasteiger partial charge in [-0.2, -0.15) is 5.10 Å². The average molecular weight is 468 g/mol. The molecule has 0 unspecified atom stereocenters. The van der Waals surface area contributed by atoms with Gasteiger partial charge in [0, 0.05) is 15.4 Å². The molecular weight excluding hydrogens is 442 g/mol. The molecule has 2 rings (SSSR count). The van der Waals surface area contributed by atoms with Crippen molar-refractivity contribution in [1.29, 1.82) is 0 Å². The number of aromatic nitrogens is 1. The van der Waals surface area contributed by atoms with E-state index in [1.807, 2.05) is 23.6 Å². The molecule has 0 radical (unpaired) electrons. The number of hydrazone groups is 1. The van der Waals surface area contributed by atoms with Gasteiger partial charge in [-0.1, -0.05) is 42.1 Å². The van der Waals surface area contributed by atoms with E-state index in [1.165, 1.54) is 30.6 Å². The summed E-state index contributed by atoms with van der Waals surface area (Å²) in [6.07, 6.45) is 6.53.